The smallest absolute Gasteiger partial charge is 0.273 e. The van der Waals surface area contributed by atoms with Crippen LogP contribution in [0.5, 0.6) is 0 Å². The Morgan fingerprint density at radius 3 is 2.18 bits per heavy atom. The highest BCUT2D eigenvalue weighted by Gasteiger charge is 2.35. The summed E-state index contributed by atoms with van der Waals surface area (Å²) in [5, 5.41) is 5.85. The van der Waals surface area contributed by atoms with Crippen molar-refractivity contribution in [3.8, 4) is 0 Å². The third-order valence-electron chi connectivity index (χ3n) is 6.45. The Morgan fingerprint density at radius 2 is 1.50 bits per heavy atom. The van der Waals surface area contributed by atoms with Gasteiger partial charge in [0.15, 0.2) is 0 Å². The summed E-state index contributed by atoms with van der Waals surface area (Å²) in [5.74, 6) is -0.459. The lowest BCUT2D eigenvalue weighted by Gasteiger charge is -2.24. The minimum absolute atomic E-state index is 0.0213. The van der Waals surface area contributed by atoms with Crippen LogP contribution in [-0.4, -0.2) is 64.7 Å². The maximum absolute atomic E-state index is 12.9. The lowest BCUT2D eigenvalue weighted by molar-refractivity contribution is -0.120. The van der Waals surface area contributed by atoms with Gasteiger partial charge in [-0.2, -0.15) is 0 Å². The fourth-order valence-corrected chi connectivity index (χ4v) is 4.66. The first-order valence-corrected chi connectivity index (χ1v) is 12.3. The van der Waals surface area contributed by atoms with Crippen LogP contribution in [0.4, 0.5) is 11.4 Å². The number of carbonyl (C=O) groups is 3. The highest BCUT2D eigenvalue weighted by Crippen LogP contribution is 2.22. The van der Waals surface area contributed by atoms with Crippen molar-refractivity contribution >= 4 is 29.1 Å². The van der Waals surface area contributed by atoms with Crippen molar-refractivity contribution in [1.82, 2.24) is 14.8 Å². The van der Waals surface area contributed by atoms with Crippen molar-refractivity contribution in [2.24, 2.45) is 0 Å². The van der Waals surface area contributed by atoms with Gasteiger partial charge in [-0.05, 0) is 75.2 Å². The number of likely N-dealkylation sites (tertiary alicyclic amines) is 2. The minimum atomic E-state index is -0.522. The number of anilines is 2. The van der Waals surface area contributed by atoms with Crippen LogP contribution in [0.2, 0.25) is 0 Å². The molecule has 2 fully saturated rings. The van der Waals surface area contributed by atoms with E-state index in [0.717, 1.165) is 32.4 Å². The summed E-state index contributed by atoms with van der Waals surface area (Å²) in [4.78, 5) is 46.1. The van der Waals surface area contributed by atoms with E-state index in [0.29, 0.717) is 36.6 Å². The lowest BCUT2D eigenvalue weighted by atomic mass is 10.1. The molecule has 180 valence electrons. The van der Waals surface area contributed by atoms with E-state index >= 15 is 0 Å². The number of rotatable bonds is 6. The first-order chi connectivity index (χ1) is 16.6. The number of hydrogen-bond acceptors (Lipinski definition) is 5. The molecular weight excluding hydrogens is 430 g/mol. The van der Waals surface area contributed by atoms with Crippen molar-refractivity contribution < 1.29 is 14.4 Å². The van der Waals surface area contributed by atoms with Crippen LogP contribution in [0.3, 0.4) is 0 Å². The van der Waals surface area contributed by atoms with Gasteiger partial charge in [0, 0.05) is 24.1 Å². The van der Waals surface area contributed by atoms with Gasteiger partial charge in [0.05, 0.1) is 6.54 Å². The zero-order chi connectivity index (χ0) is 23.8. The van der Waals surface area contributed by atoms with Gasteiger partial charge >= 0.3 is 0 Å². The summed E-state index contributed by atoms with van der Waals surface area (Å²) < 4.78 is 0. The zero-order valence-electron chi connectivity index (χ0n) is 19.5. The van der Waals surface area contributed by atoms with Crippen LogP contribution in [0.15, 0.2) is 48.7 Å². The topological polar surface area (TPSA) is 94.6 Å². The van der Waals surface area contributed by atoms with E-state index in [9.17, 15) is 14.4 Å². The first-order valence-electron chi connectivity index (χ1n) is 12.3. The van der Waals surface area contributed by atoms with Gasteiger partial charge < -0.3 is 15.5 Å². The van der Waals surface area contributed by atoms with Gasteiger partial charge in [-0.3, -0.25) is 24.3 Å². The second kappa shape index (κ2) is 11.7. The summed E-state index contributed by atoms with van der Waals surface area (Å²) in [6.45, 7) is 2.88. The molecular formula is C26H33N5O3. The SMILES string of the molecule is O=C(CN1CCCCCCC1)Nc1ccc(NC(=O)[C@@H]2CCCN2C(=O)c2ccccn2)cc1. The van der Waals surface area contributed by atoms with Gasteiger partial charge in [0.1, 0.15) is 11.7 Å². The second-order valence-electron chi connectivity index (χ2n) is 9.03. The predicted molar refractivity (Wildman–Crippen MR) is 132 cm³/mol. The maximum Gasteiger partial charge on any atom is 0.273 e. The van der Waals surface area contributed by atoms with E-state index in [1.807, 2.05) is 0 Å². The van der Waals surface area contributed by atoms with E-state index < -0.39 is 6.04 Å². The van der Waals surface area contributed by atoms with E-state index in [-0.39, 0.29) is 17.7 Å². The number of aromatic nitrogens is 1. The fraction of sp³-hybridized carbons (Fsp3) is 0.462. The lowest BCUT2D eigenvalue weighted by Crippen LogP contribution is -2.43. The Kier molecular flexibility index (Phi) is 8.25. The molecule has 8 nitrogen and oxygen atoms in total. The minimum Gasteiger partial charge on any atom is -0.325 e. The Hall–Kier alpha value is -3.26. The van der Waals surface area contributed by atoms with Crippen LogP contribution in [0.1, 0.15) is 55.4 Å². The van der Waals surface area contributed by atoms with Crippen molar-refractivity contribution in [1.29, 1.82) is 0 Å². The van der Waals surface area contributed by atoms with Crippen LogP contribution in [-0.2, 0) is 9.59 Å². The molecule has 0 spiro atoms. The molecule has 8 heteroatoms. The van der Waals surface area contributed by atoms with Gasteiger partial charge in [0.25, 0.3) is 5.91 Å². The Morgan fingerprint density at radius 1 is 0.824 bits per heavy atom. The van der Waals surface area contributed by atoms with Crippen molar-refractivity contribution in [3.63, 3.8) is 0 Å². The largest absolute Gasteiger partial charge is 0.325 e. The van der Waals surface area contributed by atoms with Crippen molar-refractivity contribution in [2.45, 2.75) is 51.0 Å². The molecule has 3 amide bonds. The molecule has 0 saturated carbocycles. The summed E-state index contributed by atoms with van der Waals surface area (Å²) in [6, 6.07) is 11.8. The third-order valence-corrected chi connectivity index (χ3v) is 6.45. The van der Waals surface area contributed by atoms with Gasteiger partial charge in [-0.1, -0.05) is 25.3 Å². The molecule has 2 saturated heterocycles. The Labute approximate surface area is 200 Å². The molecule has 1 aromatic heterocycles. The first kappa shape index (κ1) is 23.9. The summed E-state index contributed by atoms with van der Waals surface area (Å²) in [5.41, 5.74) is 1.67. The molecule has 2 aromatic rings. The van der Waals surface area contributed by atoms with Crippen LogP contribution < -0.4 is 10.6 Å². The quantitative estimate of drug-likeness (QED) is 0.684. The number of amides is 3. The number of nitrogens with zero attached hydrogens (tertiary/aromatic N) is 3. The van der Waals surface area contributed by atoms with Crippen molar-refractivity contribution in [3.05, 3.63) is 54.4 Å². The highest BCUT2D eigenvalue weighted by atomic mass is 16.2. The maximum atomic E-state index is 12.9. The summed E-state index contributed by atoms with van der Waals surface area (Å²) in [7, 11) is 0. The molecule has 1 aromatic carbocycles. The number of benzene rings is 1. The van der Waals surface area contributed by atoms with Crippen LogP contribution in [0.25, 0.3) is 0 Å². The van der Waals surface area contributed by atoms with Crippen molar-refractivity contribution in [2.75, 3.05) is 36.8 Å². The molecule has 0 unspecified atom stereocenters. The summed E-state index contributed by atoms with van der Waals surface area (Å²) in [6.07, 6.45) is 9.04. The second-order valence-corrected chi connectivity index (χ2v) is 9.03. The highest BCUT2D eigenvalue weighted by molar-refractivity contribution is 6.01. The van der Waals surface area contributed by atoms with Crippen LogP contribution in [0, 0.1) is 0 Å². The van der Waals surface area contributed by atoms with E-state index in [1.54, 1.807) is 53.6 Å². The molecule has 0 aliphatic carbocycles. The number of hydrogen-bond donors (Lipinski definition) is 2. The monoisotopic (exact) mass is 463 g/mol. The average molecular weight is 464 g/mol. The molecule has 0 radical (unpaired) electrons. The van der Waals surface area contributed by atoms with E-state index in [1.165, 1.54) is 19.3 Å². The summed E-state index contributed by atoms with van der Waals surface area (Å²) >= 11 is 0. The van der Waals surface area contributed by atoms with Gasteiger partial charge in [-0.15, -0.1) is 0 Å². The molecule has 34 heavy (non-hydrogen) atoms. The standard InChI is InChI=1S/C26H33N5O3/c32-24(19-30-16-6-2-1-3-7-17-30)28-20-11-13-21(14-12-20)29-25(33)23-10-8-18-31(23)26(34)22-9-4-5-15-27-22/h4-5,9,11-15,23H,1-3,6-8,10,16-19H2,(H,28,32)(H,29,33)/t23-/m0/s1. The van der Waals surface area contributed by atoms with Gasteiger partial charge in [0.2, 0.25) is 11.8 Å². The normalized spacial score (nSPS) is 19.2. The molecule has 3 heterocycles. The van der Waals surface area contributed by atoms with Crippen LogP contribution >= 0.6 is 0 Å². The third kappa shape index (κ3) is 6.41. The molecule has 2 aliphatic heterocycles. The fourth-order valence-electron chi connectivity index (χ4n) is 4.66. The predicted octanol–water partition coefficient (Wildman–Crippen LogP) is 3.53. The Balaban J connectivity index is 1.29. The number of carbonyl (C=O) groups excluding carboxylic acids is 3. The molecule has 1 atom stereocenters. The molecule has 4 rings (SSSR count). The van der Waals surface area contributed by atoms with E-state index in [2.05, 4.69) is 20.5 Å². The van der Waals surface area contributed by atoms with E-state index in [4.69, 9.17) is 0 Å². The average Bonchev–Trinajstić information content (AvgIpc) is 3.32. The molecule has 2 N–H and O–H groups in total. The zero-order valence-corrected chi connectivity index (χ0v) is 19.5. The molecule has 0 bridgehead atoms. The molecule has 2 aliphatic rings. The number of nitrogens with one attached hydrogen (secondary N) is 2. The van der Waals surface area contributed by atoms with Gasteiger partial charge in [-0.25, -0.2) is 0 Å². The Bertz CT molecular complexity index is 972. The number of pyridine rings is 1.